The van der Waals surface area contributed by atoms with Gasteiger partial charge in [-0.05, 0) is 26.7 Å². The van der Waals surface area contributed by atoms with Crippen molar-refractivity contribution in [3.05, 3.63) is 0 Å². The van der Waals surface area contributed by atoms with E-state index in [2.05, 4.69) is 0 Å². The first-order valence-corrected chi connectivity index (χ1v) is 6.58. The largest absolute Gasteiger partial charge is 0.217 e. The van der Waals surface area contributed by atoms with Gasteiger partial charge in [0.1, 0.15) is 0 Å². The zero-order valence-corrected chi connectivity index (χ0v) is 9.05. The lowest BCUT2D eigenvalue weighted by Crippen LogP contribution is -2.24. The van der Waals surface area contributed by atoms with Gasteiger partial charge >= 0.3 is 0 Å². The summed E-state index contributed by atoms with van der Waals surface area (Å²) in [7, 11) is -2.95. The molecule has 1 aliphatic carbocycles. The fourth-order valence-corrected chi connectivity index (χ4v) is 3.96. The summed E-state index contributed by atoms with van der Waals surface area (Å²) >= 11 is 0. The number of hydrogen-bond acceptors (Lipinski definition) is 2. The summed E-state index contributed by atoms with van der Waals surface area (Å²) in [6.45, 7) is 3.53. The lowest BCUT2D eigenvalue weighted by molar-refractivity contribution is 0.535. The van der Waals surface area contributed by atoms with Gasteiger partial charge in [-0.15, -0.1) is 0 Å². The predicted molar refractivity (Wildman–Crippen MR) is 51.9 cm³/mol. The molecule has 3 atom stereocenters. The summed E-state index contributed by atoms with van der Waals surface area (Å²) in [6.07, 6.45) is 4.56. The van der Waals surface area contributed by atoms with Crippen molar-refractivity contribution in [2.24, 2.45) is 0 Å². The Morgan fingerprint density at radius 1 is 1.15 bits per heavy atom. The van der Waals surface area contributed by atoms with Crippen molar-refractivity contribution in [3.8, 4) is 0 Å². The Kier molecular flexibility index (Phi) is 2.15. The third-order valence-electron chi connectivity index (χ3n) is 3.15. The minimum absolute atomic E-state index is 0.252. The van der Waals surface area contributed by atoms with E-state index in [9.17, 15) is 8.42 Å². The van der Waals surface area contributed by atoms with Crippen LogP contribution in [0.2, 0.25) is 0 Å². The molecule has 0 amide bonds. The summed E-state index contributed by atoms with van der Waals surface area (Å²) in [4.78, 5) is 0. The smallest absolute Gasteiger partial charge is 0.212 e. The molecule has 2 fully saturated rings. The van der Waals surface area contributed by atoms with Crippen LogP contribution >= 0.6 is 0 Å². The molecule has 0 N–H and O–H groups in total. The minimum Gasteiger partial charge on any atom is -0.212 e. The summed E-state index contributed by atoms with van der Waals surface area (Å²) in [6, 6.07) is 0.724. The highest BCUT2D eigenvalue weighted by Gasteiger charge is 2.55. The summed E-state index contributed by atoms with van der Waals surface area (Å²) < 4.78 is 25.3. The van der Waals surface area contributed by atoms with Crippen molar-refractivity contribution in [1.82, 2.24) is 4.31 Å². The van der Waals surface area contributed by atoms with Crippen LogP contribution in [-0.4, -0.2) is 30.1 Å². The molecule has 2 aliphatic rings. The lowest BCUT2D eigenvalue weighted by atomic mass is 10.0. The first kappa shape index (κ1) is 9.46. The molecule has 0 aromatic rings. The van der Waals surface area contributed by atoms with Crippen LogP contribution in [-0.2, 0) is 10.0 Å². The Morgan fingerprint density at radius 3 is 2.00 bits per heavy atom. The van der Waals surface area contributed by atoms with Gasteiger partial charge in [0.15, 0.2) is 0 Å². The molecule has 1 heterocycles. The van der Waals surface area contributed by atoms with Gasteiger partial charge in [0.2, 0.25) is 10.0 Å². The van der Waals surface area contributed by atoms with E-state index >= 15 is 0 Å². The molecule has 1 unspecified atom stereocenters. The van der Waals surface area contributed by atoms with E-state index in [-0.39, 0.29) is 5.25 Å². The third-order valence-corrected chi connectivity index (χ3v) is 5.47. The fraction of sp³-hybridized carbons (Fsp3) is 1.00. The van der Waals surface area contributed by atoms with Crippen LogP contribution in [0.5, 0.6) is 0 Å². The molecule has 1 aliphatic heterocycles. The highest BCUT2D eigenvalue weighted by molar-refractivity contribution is 7.90. The lowest BCUT2D eigenvalue weighted by Gasteiger charge is -2.08. The van der Waals surface area contributed by atoms with Crippen molar-refractivity contribution < 1.29 is 8.42 Å². The Labute approximate surface area is 80.2 Å². The molecule has 76 valence electrons. The fourth-order valence-electron chi connectivity index (χ4n) is 2.28. The molecule has 0 bridgehead atoms. The van der Waals surface area contributed by atoms with Gasteiger partial charge in [-0.25, -0.2) is 8.42 Å². The molecule has 0 spiro atoms. The molecule has 4 heteroatoms. The molecule has 1 saturated heterocycles. The molecule has 0 radical (unpaired) electrons. The second-order valence-corrected chi connectivity index (χ2v) is 6.74. The van der Waals surface area contributed by atoms with Crippen LogP contribution in [0, 0.1) is 0 Å². The van der Waals surface area contributed by atoms with Gasteiger partial charge in [-0.1, -0.05) is 12.8 Å². The zero-order valence-electron chi connectivity index (χ0n) is 8.23. The van der Waals surface area contributed by atoms with E-state index in [1.54, 1.807) is 18.2 Å². The highest BCUT2D eigenvalue weighted by Crippen LogP contribution is 2.43. The van der Waals surface area contributed by atoms with E-state index in [1.165, 1.54) is 12.8 Å². The van der Waals surface area contributed by atoms with Crippen LogP contribution < -0.4 is 0 Å². The van der Waals surface area contributed by atoms with Crippen LogP contribution in [0.4, 0.5) is 0 Å². The van der Waals surface area contributed by atoms with Crippen LogP contribution in [0.25, 0.3) is 0 Å². The van der Waals surface area contributed by atoms with Crippen molar-refractivity contribution in [1.29, 1.82) is 0 Å². The van der Waals surface area contributed by atoms with E-state index < -0.39 is 10.0 Å². The molecule has 3 nitrogen and oxygen atoms in total. The van der Waals surface area contributed by atoms with Gasteiger partial charge in [0.05, 0.1) is 5.25 Å². The van der Waals surface area contributed by atoms with Crippen molar-refractivity contribution in [3.63, 3.8) is 0 Å². The van der Waals surface area contributed by atoms with E-state index in [0.29, 0.717) is 12.1 Å². The average molecular weight is 203 g/mol. The summed E-state index contributed by atoms with van der Waals surface area (Å²) in [5.74, 6) is 0. The van der Waals surface area contributed by atoms with Crippen molar-refractivity contribution in [2.75, 3.05) is 0 Å². The first-order chi connectivity index (χ1) is 6.05. The Hall–Kier alpha value is -0.0900. The third kappa shape index (κ3) is 1.40. The van der Waals surface area contributed by atoms with E-state index in [1.807, 2.05) is 0 Å². The molecular formula is C9H17NO2S. The normalized spacial score (nSPS) is 38.8. The van der Waals surface area contributed by atoms with Gasteiger partial charge in [-0.3, -0.25) is 0 Å². The zero-order chi connectivity index (χ0) is 9.64. The first-order valence-electron chi connectivity index (χ1n) is 5.07. The topological polar surface area (TPSA) is 37.1 Å². The SMILES string of the molecule is CC(C)S(=O)(=O)N1[C@@H]2CCCC[C@@H]21. The number of nitrogens with zero attached hydrogens (tertiary/aromatic N) is 1. The maximum absolute atomic E-state index is 11.8. The van der Waals surface area contributed by atoms with E-state index in [0.717, 1.165) is 12.8 Å². The number of rotatable bonds is 2. The molecule has 0 aromatic heterocycles. The molecule has 2 rings (SSSR count). The van der Waals surface area contributed by atoms with Gasteiger partial charge in [0.25, 0.3) is 0 Å². The second kappa shape index (κ2) is 2.95. The quantitative estimate of drug-likeness (QED) is 0.635. The molecule has 0 aromatic carbocycles. The van der Waals surface area contributed by atoms with E-state index in [4.69, 9.17) is 0 Å². The van der Waals surface area contributed by atoms with Crippen LogP contribution in [0.3, 0.4) is 0 Å². The summed E-state index contributed by atoms with van der Waals surface area (Å²) in [5.41, 5.74) is 0. The van der Waals surface area contributed by atoms with Crippen molar-refractivity contribution in [2.45, 2.75) is 56.9 Å². The monoisotopic (exact) mass is 203 g/mol. The highest BCUT2D eigenvalue weighted by atomic mass is 32.2. The number of fused-ring (bicyclic) bond motifs is 1. The van der Waals surface area contributed by atoms with Crippen LogP contribution in [0.15, 0.2) is 0 Å². The number of hydrogen-bond donors (Lipinski definition) is 0. The maximum Gasteiger partial charge on any atom is 0.217 e. The molecule has 13 heavy (non-hydrogen) atoms. The molecule has 1 saturated carbocycles. The van der Waals surface area contributed by atoms with Gasteiger partial charge in [-0.2, -0.15) is 4.31 Å². The summed E-state index contributed by atoms with van der Waals surface area (Å²) in [5, 5.41) is -0.252. The second-order valence-electron chi connectivity index (χ2n) is 4.34. The number of sulfonamides is 1. The Morgan fingerprint density at radius 2 is 1.62 bits per heavy atom. The Balaban J connectivity index is 2.12. The standard InChI is InChI=1S/C9H17NO2S/c1-7(2)13(11,12)10-8-5-3-4-6-9(8)10/h7-9H,3-6H2,1-2H3/t8-,9+,10?. The minimum atomic E-state index is -2.95. The Bertz CT molecular complexity index is 285. The molecular weight excluding hydrogens is 186 g/mol. The van der Waals surface area contributed by atoms with Crippen molar-refractivity contribution >= 4 is 10.0 Å². The average Bonchev–Trinajstić information content (AvgIpc) is 2.77. The van der Waals surface area contributed by atoms with Crippen LogP contribution in [0.1, 0.15) is 39.5 Å². The van der Waals surface area contributed by atoms with Gasteiger partial charge in [0, 0.05) is 12.1 Å². The van der Waals surface area contributed by atoms with Gasteiger partial charge < -0.3 is 0 Å². The maximum atomic E-state index is 11.8. The predicted octanol–water partition coefficient (Wildman–Crippen LogP) is 1.35.